The molecule has 0 radical (unpaired) electrons. The number of cyclic esters (lactones) is 1. The molecule has 65 heavy (non-hydrogen) atoms. The zero-order valence-corrected chi connectivity index (χ0v) is 41.6. The van der Waals surface area contributed by atoms with Crippen LogP contribution in [-0.2, 0) is 71.4 Å². The highest BCUT2D eigenvalue weighted by Crippen LogP contribution is 2.44. The van der Waals surface area contributed by atoms with Crippen LogP contribution in [0.2, 0.25) is 0 Å². The number of methoxy groups -OCH3 is 1. The van der Waals surface area contributed by atoms with Crippen molar-refractivity contribution in [3.63, 3.8) is 0 Å². The third kappa shape index (κ3) is 12.9. The second-order valence-corrected chi connectivity index (χ2v) is 19.6. The van der Waals surface area contributed by atoms with E-state index in [1.165, 1.54) is 27.9 Å². The van der Waals surface area contributed by atoms with Crippen molar-refractivity contribution in [2.24, 2.45) is 28.8 Å². The van der Waals surface area contributed by atoms with E-state index in [4.69, 9.17) is 52.2 Å². The van der Waals surface area contributed by atoms with Crippen molar-refractivity contribution in [2.75, 3.05) is 34.4 Å². The van der Waals surface area contributed by atoms with Crippen molar-refractivity contribution >= 4 is 29.6 Å². The van der Waals surface area contributed by atoms with E-state index in [-0.39, 0.29) is 44.6 Å². The summed E-state index contributed by atoms with van der Waals surface area (Å²) in [4.78, 5) is 59.4. The van der Waals surface area contributed by atoms with Gasteiger partial charge in [0.2, 0.25) is 0 Å². The second-order valence-electron chi connectivity index (χ2n) is 19.6. The zero-order valence-electron chi connectivity index (χ0n) is 41.6. The molecule has 4 heterocycles. The first-order valence-corrected chi connectivity index (χ1v) is 23.0. The maximum Gasteiger partial charge on any atom is 0.331 e. The van der Waals surface area contributed by atoms with Crippen molar-refractivity contribution in [3.8, 4) is 0 Å². The molecule has 0 spiro atoms. The molecule has 0 aromatic heterocycles. The Morgan fingerprint density at radius 2 is 1.52 bits per heavy atom. The van der Waals surface area contributed by atoms with Crippen molar-refractivity contribution in [1.82, 2.24) is 4.90 Å². The Balaban J connectivity index is 2.03. The molecule has 0 saturated carbocycles. The second kappa shape index (κ2) is 22.4. The molecule has 4 aliphatic heterocycles. The van der Waals surface area contributed by atoms with Gasteiger partial charge in [-0.15, -0.1) is 0 Å². The third-order valence-electron chi connectivity index (χ3n) is 13.7. The van der Waals surface area contributed by atoms with Gasteiger partial charge in [-0.25, -0.2) is 4.79 Å². The van der Waals surface area contributed by atoms with E-state index >= 15 is 0 Å². The lowest BCUT2D eigenvalue weighted by Gasteiger charge is -2.50. The maximum atomic E-state index is 14.8. The molecule has 18 nitrogen and oxygen atoms in total. The molecule has 372 valence electrons. The number of carbonyl (C=O) groups excluding carboxylic acids is 4. The number of hydrogen-bond donors (Lipinski definition) is 1. The normalized spacial score (nSPS) is 43.1. The number of hydrogen-bond acceptors (Lipinski definition) is 18. The molecule has 0 aliphatic carbocycles. The minimum atomic E-state index is -1.83. The number of oxime groups is 1. The lowest BCUT2D eigenvalue weighted by atomic mass is 9.73. The summed E-state index contributed by atoms with van der Waals surface area (Å²) in [5, 5.41) is 17.0. The molecule has 0 amide bonds. The topological polar surface area (TPSA) is 206 Å². The molecule has 4 saturated heterocycles. The molecule has 1 N–H and O–H groups in total. The minimum absolute atomic E-state index is 0.0220. The SMILES string of the molecule is C=C1CO[C@@H]2[C@@H](C)/C(=N/OC(C)=O)[C@H](C)C[C@@](C)(OC1)[C@H](O[C@@H]1O[C@H](C)C[C@H](N(C)C)[C@H]1OC(C)=O)[C@@H](C)[C@H](O[C@@H]1C[C@](C)(OC)[C@H](OC(C)=O)[C@@H](C)O1)[C@@H](C)C(=O)O[C@H](CC)[C@@]2(C)O. The van der Waals surface area contributed by atoms with Crippen LogP contribution in [0.4, 0.5) is 0 Å². The van der Waals surface area contributed by atoms with Gasteiger partial charge in [-0.3, -0.25) is 14.4 Å². The van der Waals surface area contributed by atoms with Crippen LogP contribution in [0.25, 0.3) is 0 Å². The summed E-state index contributed by atoms with van der Waals surface area (Å²) < 4.78 is 64.8. The Kier molecular flexibility index (Phi) is 18.8. The highest BCUT2D eigenvalue weighted by Gasteiger charge is 2.56. The van der Waals surface area contributed by atoms with Crippen LogP contribution < -0.4 is 0 Å². The predicted molar refractivity (Wildman–Crippen MR) is 236 cm³/mol. The van der Waals surface area contributed by atoms with Gasteiger partial charge < -0.3 is 62.2 Å². The van der Waals surface area contributed by atoms with E-state index in [0.29, 0.717) is 17.7 Å². The molecule has 4 fully saturated rings. The molecule has 2 bridgehead atoms. The first kappa shape index (κ1) is 54.5. The summed E-state index contributed by atoms with van der Waals surface area (Å²) >= 11 is 0. The van der Waals surface area contributed by atoms with E-state index in [1.807, 2.05) is 53.6 Å². The summed E-state index contributed by atoms with van der Waals surface area (Å²) in [6.45, 7) is 26.1. The zero-order chi connectivity index (χ0) is 48.9. The number of likely N-dealkylation sites (N-methyl/N-ethyl adjacent to an activating group) is 1. The molecular weight excluding hydrogens is 849 g/mol. The molecule has 4 rings (SSSR count). The largest absolute Gasteiger partial charge is 0.459 e. The monoisotopic (exact) mass is 927 g/mol. The number of aliphatic hydroxyl groups is 1. The summed E-state index contributed by atoms with van der Waals surface area (Å²) in [6, 6.07) is -0.312. The molecule has 0 aromatic rings. The quantitative estimate of drug-likeness (QED) is 0.102. The molecule has 18 atom stereocenters. The lowest BCUT2D eigenvalue weighted by molar-refractivity contribution is -0.321. The van der Waals surface area contributed by atoms with Crippen LogP contribution in [0, 0.1) is 23.7 Å². The molecule has 0 unspecified atom stereocenters. The lowest BCUT2D eigenvalue weighted by Crippen LogP contribution is -2.62. The predicted octanol–water partition coefficient (Wildman–Crippen LogP) is 4.90. The van der Waals surface area contributed by atoms with E-state index in [0.717, 1.165) is 0 Å². The Morgan fingerprint density at radius 3 is 2.09 bits per heavy atom. The van der Waals surface area contributed by atoms with Crippen LogP contribution in [0.5, 0.6) is 0 Å². The van der Waals surface area contributed by atoms with E-state index in [1.54, 1.807) is 34.6 Å². The number of rotatable bonds is 10. The summed E-state index contributed by atoms with van der Waals surface area (Å²) in [5.74, 6) is -5.49. The number of nitrogens with zero attached hydrogens (tertiary/aromatic N) is 2. The van der Waals surface area contributed by atoms with Crippen molar-refractivity contribution in [2.45, 2.75) is 200 Å². The van der Waals surface area contributed by atoms with Crippen LogP contribution in [0.1, 0.15) is 116 Å². The smallest absolute Gasteiger partial charge is 0.331 e. The molecule has 4 aliphatic rings. The fourth-order valence-electron chi connectivity index (χ4n) is 10.3. The van der Waals surface area contributed by atoms with E-state index in [9.17, 15) is 24.3 Å². The van der Waals surface area contributed by atoms with Gasteiger partial charge in [0.15, 0.2) is 24.8 Å². The van der Waals surface area contributed by atoms with Crippen molar-refractivity contribution in [3.05, 3.63) is 12.2 Å². The average molecular weight is 927 g/mol. The molecule has 0 aromatic carbocycles. The Hall–Kier alpha value is -3.07. The standard InChI is InChI=1S/C47H78N2O16/c1-18-35-47(14,54)41-27(5)37(48-65-33(11)52)25(3)20-46(13,57-23-24(2)22-56-41)40(64-44-39(60-31(9)50)34(49(15)16)19-26(4)58-44)28(6)38(29(7)43(53)62-35)63-36-21-45(12,55-17)42(30(8)59-36)61-32(10)51/h25-30,34-36,38-42,44,54H,2,18-23H2,1,3-17H3/b48-37+/t25-,26-,27+,28+,29-,30-,34+,35-,36-,38+,39-,40-,41-,42-,44+,45+,46-,47-/m1/s1. The number of carbonyl (C=O) groups is 4. The highest BCUT2D eigenvalue weighted by molar-refractivity contribution is 5.89. The minimum Gasteiger partial charge on any atom is -0.459 e. The van der Waals surface area contributed by atoms with Gasteiger partial charge in [0.05, 0.1) is 67.0 Å². The summed E-state index contributed by atoms with van der Waals surface area (Å²) in [5.41, 5.74) is -3.33. The van der Waals surface area contributed by atoms with Gasteiger partial charge in [0.25, 0.3) is 0 Å². The van der Waals surface area contributed by atoms with Crippen molar-refractivity contribution in [1.29, 1.82) is 0 Å². The van der Waals surface area contributed by atoms with Gasteiger partial charge in [-0.1, -0.05) is 39.4 Å². The van der Waals surface area contributed by atoms with Gasteiger partial charge in [0.1, 0.15) is 17.3 Å². The summed E-state index contributed by atoms with van der Waals surface area (Å²) in [6.07, 6.45) is -8.20. The molecule has 18 heteroatoms. The number of ether oxygens (including phenoxy) is 10. The fourth-order valence-corrected chi connectivity index (χ4v) is 10.3. The molecular formula is C47H78N2O16. The Morgan fingerprint density at radius 1 is 0.877 bits per heavy atom. The van der Waals surface area contributed by atoms with Crippen molar-refractivity contribution < 1.29 is 76.5 Å². The van der Waals surface area contributed by atoms with Gasteiger partial charge in [-0.05, 0) is 80.5 Å². The average Bonchev–Trinajstić information content (AvgIpc) is 3.22. The first-order chi connectivity index (χ1) is 30.2. The highest BCUT2D eigenvalue weighted by atomic mass is 16.7. The van der Waals surface area contributed by atoms with Crippen LogP contribution in [0.15, 0.2) is 17.3 Å². The first-order valence-electron chi connectivity index (χ1n) is 23.0. The van der Waals surface area contributed by atoms with E-state index in [2.05, 4.69) is 11.7 Å². The Labute approximate surface area is 385 Å². The van der Waals surface area contributed by atoms with Crippen LogP contribution in [-0.4, -0.2) is 158 Å². The Bertz CT molecular complexity index is 1710. The fraction of sp³-hybridized carbons (Fsp3) is 0.851. The number of esters is 3. The number of fused-ring (bicyclic) bond motifs is 5. The summed E-state index contributed by atoms with van der Waals surface area (Å²) in [7, 11) is 5.31. The van der Waals surface area contributed by atoms with Gasteiger partial charge in [0, 0.05) is 52.1 Å². The van der Waals surface area contributed by atoms with Crippen LogP contribution >= 0.6 is 0 Å². The van der Waals surface area contributed by atoms with E-state index < -0.39 is 120 Å². The maximum absolute atomic E-state index is 14.8. The third-order valence-corrected chi connectivity index (χ3v) is 13.7. The van der Waals surface area contributed by atoms with Crippen LogP contribution in [0.3, 0.4) is 0 Å². The van der Waals surface area contributed by atoms with Gasteiger partial charge >= 0.3 is 23.9 Å². The van der Waals surface area contributed by atoms with Gasteiger partial charge in [-0.2, -0.15) is 0 Å².